The first-order chi connectivity index (χ1) is 13.0. The maximum atomic E-state index is 12.7. The fraction of sp³-hybridized carbons (Fsp3) is 0.200. The first-order valence-corrected chi connectivity index (χ1v) is 8.45. The predicted molar refractivity (Wildman–Crippen MR) is 99.0 cm³/mol. The maximum Gasteiger partial charge on any atom is 0.364 e. The minimum absolute atomic E-state index is 0.0655. The zero-order valence-electron chi connectivity index (χ0n) is 15.0. The van der Waals surface area contributed by atoms with Gasteiger partial charge in [0.05, 0.1) is 18.1 Å². The van der Waals surface area contributed by atoms with Crippen molar-refractivity contribution in [1.29, 1.82) is 0 Å². The van der Waals surface area contributed by atoms with E-state index in [0.717, 1.165) is 0 Å². The van der Waals surface area contributed by atoms with Gasteiger partial charge in [0.2, 0.25) is 0 Å². The van der Waals surface area contributed by atoms with Gasteiger partial charge in [0.15, 0.2) is 5.69 Å². The molecular formula is C20H18N2O5. The van der Waals surface area contributed by atoms with E-state index >= 15 is 0 Å². The fourth-order valence-electron chi connectivity index (χ4n) is 2.68. The number of methoxy groups -OCH3 is 1. The molecule has 7 nitrogen and oxygen atoms in total. The molecule has 0 bridgehead atoms. The smallest absolute Gasteiger partial charge is 0.364 e. The van der Waals surface area contributed by atoms with Crippen molar-refractivity contribution in [1.82, 2.24) is 9.78 Å². The SMILES string of the molecule is CCCn1nc(C(=O)Oc2ccc(C(=O)OC)cc2)c2ccccc2c1=O. The highest BCUT2D eigenvalue weighted by atomic mass is 16.5. The van der Waals surface area contributed by atoms with Crippen molar-refractivity contribution in [2.75, 3.05) is 7.11 Å². The van der Waals surface area contributed by atoms with Crippen LogP contribution in [-0.2, 0) is 11.3 Å². The van der Waals surface area contributed by atoms with Crippen LogP contribution >= 0.6 is 0 Å². The van der Waals surface area contributed by atoms with Gasteiger partial charge in [-0.2, -0.15) is 5.10 Å². The number of aryl methyl sites for hydroxylation is 1. The molecule has 0 aliphatic carbocycles. The summed E-state index contributed by atoms with van der Waals surface area (Å²) in [5.41, 5.74) is 0.166. The Morgan fingerprint density at radius 1 is 1.00 bits per heavy atom. The number of rotatable bonds is 5. The molecule has 0 N–H and O–H groups in total. The van der Waals surface area contributed by atoms with E-state index in [4.69, 9.17) is 4.74 Å². The van der Waals surface area contributed by atoms with Gasteiger partial charge in [0.1, 0.15) is 5.75 Å². The Labute approximate surface area is 155 Å². The van der Waals surface area contributed by atoms with Crippen LogP contribution in [0.25, 0.3) is 10.8 Å². The second-order valence-corrected chi connectivity index (χ2v) is 5.83. The van der Waals surface area contributed by atoms with Crippen LogP contribution in [-0.4, -0.2) is 28.8 Å². The van der Waals surface area contributed by atoms with Crippen molar-refractivity contribution in [2.45, 2.75) is 19.9 Å². The quantitative estimate of drug-likeness (QED) is 0.510. The molecule has 0 aliphatic rings. The van der Waals surface area contributed by atoms with Gasteiger partial charge in [-0.3, -0.25) is 4.79 Å². The summed E-state index contributed by atoms with van der Waals surface area (Å²) < 4.78 is 11.3. The highest BCUT2D eigenvalue weighted by Crippen LogP contribution is 2.18. The molecule has 0 spiro atoms. The van der Waals surface area contributed by atoms with Crippen LogP contribution in [0.5, 0.6) is 5.75 Å². The minimum atomic E-state index is -0.679. The minimum Gasteiger partial charge on any atom is -0.465 e. The molecule has 3 aromatic rings. The first kappa shape index (κ1) is 18.3. The lowest BCUT2D eigenvalue weighted by atomic mass is 10.1. The van der Waals surface area contributed by atoms with Gasteiger partial charge in [0, 0.05) is 11.9 Å². The number of carbonyl (C=O) groups is 2. The van der Waals surface area contributed by atoms with E-state index in [9.17, 15) is 14.4 Å². The van der Waals surface area contributed by atoms with E-state index in [1.54, 1.807) is 24.3 Å². The Bertz CT molecular complexity index is 1050. The predicted octanol–water partition coefficient (Wildman–Crippen LogP) is 2.81. The third-order valence-electron chi connectivity index (χ3n) is 3.98. The zero-order valence-corrected chi connectivity index (χ0v) is 15.0. The molecule has 0 atom stereocenters. The number of benzene rings is 2. The largest absolute Gasteiger partial charge is 0.465 e. The van der Waals surface area contributed by atoms with Crippen molar-refractivity contribution in [3.8, 4) is 5.75 Å². The summed E-state index contributed by atoms with van der Waals surface area (Å²) in [6, 6.07) is 12.8. The van der Waals surface area contributed by atoms with E-state index in [1.165, 1.54) is 36.1 Å². The fourth-order valence-corrected chi connectivity index (χ4v) is 2.68. The third kappa shape index (κ3) is 3.72. The first-order valence-electron chi connectivity index (χ1n) is 8.45. The molecule has 0 amide bonds. The van der Waals surface area contributed by atoms with Crippen LogP contribution in [0.1, 0.15) is 34.2 Å². The molecule has 0 saturated carbocycles. The molecule has 1 heterocycles. The Kier molecular flexibility index (Phi) is 5.30. The maximum absolute atomic E-state index is 12.7. The van der Waals surface area contributed by atoms with Crippen molar-refractivity contribution in [3.05, 3.63) is 70.1 Å². The molecule has 0 unspecified atom stereocenters. The van der Waals surface area contributed by atoms with Crippen LogP contribution in [0.2, 0.25) is 0 Å². The van der Waals surface area contributed by atoms with Crippen LogP contribution in [0.15, 0.2) is 53.3 Å². The molecule has 0 radical (unpaired) electrons. The second-order valence-electron chi connectivity index (χ2n) is 5.83. The number of nitrogens with zero attached hydrogens (tertiary/aromatic N) is 2. The Hall–Kier alpha value is -3.48. The summed E-state index contributed by atoms with van der Waals surface area (Å²) in [5.74, 6) is -0.902. The van der Waals surface area contributed by atoms with Gasteiger partial charge in [-0.05, 0) is 36.8 Å². The molecular weight excluding hydrogens is 348 g/mol. The molecule has 0 saturated heterocycles. The normalized spacial score (nSPS) is 10.6. The van der Waals surface area contributed by atoms with Gasteiger partial charge in [-0.15, -0.1) is 0 Å². The number of hydrogen-bond donors (Lipinski definition) is 0. The average molecular weight is 366 g/mol. The summed E-state index contributed by atoms with van der Waals surface area (Å²) in [4.78, 5) is 36.6. The molecule has 2 aromatic carbocycles. The van der Waals surface area contributed by atoms with E-state index in [1.807, 2.05) is 6.92 Å². The topological polar surface area (TPSA) is 87.5 Å². The van der Waals surface area contributed by atoms with Gasteiger partial charge in [0.25, 0.3) is 5.56 Å². The average Bonchev–Trinajstić information content (AvgIpc) is 2.70. The van der Waals surface area contributed by atoms with Gasteiger partial charge >= 0.3 is 11.9 Å². The zero-order chi connectivity index (χ0) is 19.4. The Balaban J connectivity index is 1.97. The number of hydrogen-bond acceptors (Lipinski definition) is 6. The molecule has 7 heteroatoms. The molecule has 0 aliphatic heterocycles. The number of aromatic nitrogens is 2. The number of esters is 2. The van der Waals surface area contributed by atoms with Crippen molar-refractivity contribution in [2.24, 2.45) is 0 Å². The lowest BCUT2D eigenvalue weighted by Crippen LogP contribution is -2.27. The van der Waals surface area contributed by atoms with Crippen molar-refractivity contribution < 1.29 is 19.1 Å². The molecule has 0 fully saturated rings. The summed E-state index contributed by atoms with van der Waals surface area (Å²) >= 11 is 0. The van der Waals surface area contributed by atoms with Gasteiger partial charge < -0.3 is 9.47 Å². The summed E-state index contributed by atoms with van der Waals surface area (Å²) in [5, 5.41) is 5.05. The van der Waals surface area contributed by atoms with E-state index in [-0.39, 0.29) is 17.0 Å². The number of carbonyl (C=O) groups excluding carboxylic acids is 2. The number of fused-ring (bicyclic) bond motifs is 1. The van der Waals surface area contributed by atoms with Crippen molar-refractivity contribution in [3.63, 3.8) is 0 Å². The standard InChI is InChI=1S/C20H18N2O5/c1-3-12-22-18(23)16-7-5-4-6-15(16)17(21-22)20(25)27-14-10-8-13(9-11-14)19(24)26-2/h4-11H,3,12H2,1-2H3. The summed E-state index contributed by atoms with van der Waals surface area (Å²) in [7, 11) is 1.29. The lowest BCUT2D eigenvalue weighted by Gasteiger charge is -2.10. The van der Waals surface area contributed by atoms with Crippen LogP contribution in [0.4, 0.5) is 0 Å². The van der Waals surface area contributed by atoms with Crippen LogP contribution in [0.3, 0.4) is 0 Å². The molecule has 1 aromatic heterocycles. The van der Waals surface area contributed by atoms with E-state index < -0.39 is 11.9 Å². The van der Waals surface area contributed by atoms with Gasteiger partial charge in [-0.25, -0.2) is 14.3 Å². The third-order valence-corrected chi connectivity index (χ3v) is 3.98. The van der Waals surface area contributed by atoms with Gasteiger partial charge in [-0.1, -0.05) is 25.1 Å². The van der Waals surface area contributed by atoms with Crippen LogP contribution in [0, 0.1) is 0 Å². The number of ether oxygens (including phenoxy) is 2. The molecule has 138 valence electrons. The highest BCUT2D eigenvalue weighted by molar-refractivity contribution is 6.02. The van der Waals surface area contributed by atoms with E-state index in [0.29, 0.717) is 29.3 Å². The Morgan fingerprint density at radius 2 is 1.67 bits per heavy atom. The van der Waals surface area contributed by atoms with Crippen molar-refractivity contribution >= 4 is 22.7 Å². The Morgan fingerprint density at radius 3 is 2.30 bits per heavy atom. The second kappa shape index (κ2) is 7.82. The lowest BCUT2D eigenvalue weighted by molar-refractivity contribution is 0.0600. The summed E-state index contributed by atoms with van der Waals surface area (Å²) in [6.07, 6.45) is 0.703. The molecule has 27 heavy (non-hydrogen) atoms. The summed E-state index contributed by atoms with van der Waals surface area (Å²) in [6.45, 7) is 2.32. The monoisotopic (exact) mass is 366 g/mol. The molecule has 3 rings (SSSR count). The van der Waals surface area contributed by atoms with Crippen LogP contribution < -0.4 is 10.3 Å². The highest BCUT2D eigenvalue weighted by Gasteiger charge is 2.18. The van der Waals surface area contributed by atoms with E-state index in [2.05, 4.69) is 9.84 Å².